The fourth-order valence-electron chi connectivity index (χ4n) is 1.57. The molecule has 1 amide bonds. The van der Waals surface area contributed by atoms with Gasteiger partial charge in [0.05, 0.1) is 0 Å². The Bertz CT molecular complexity index is 572. The maximum atomic E-state index is 13.0. The molecular weight excluding hydrogens is 347 g/mol. The molecule has 0 saturated carbocycles. The van der Waals surface area contributed by atoms with Gasteiger partial charge in [0.2, 0.25) is 0 Å². The first-order valence-electron chi connectivity index (χ1n) is 6.36. The van der Waals surface area contributed by atoms with Crippen LogP contribution in [0.25, 0.3) is 0 Å². The number of nitrogens with zero attached hydrogens (tertiary/aromatic N) is 1. The third kappa shape index (κ3) is 4.25. The number of amides is 1. The number of halogens is 7. The molecule has 0 aliphatic carbocycles. The summed E-state index contributed by atoms with van der Waals surface area (Å²) in [6, 6.07) is 7.42. The van der Waals surface area contributed by atoms with Crippen molar-refractivity contribution in [1.82, 2.24) is 0 Å². The van der Waals surface area contributed by atoms with Crippen LogP contribution in [-0.2, 0) is 9.53 Å². The molecule has 0 atom stereocenters. The van der Waals surface area contributed by atoms with Crippen molar-refractivity contribution in [2.45, 2.75) is 18.2 Å². The first-order valence-corrected chi connectivity index (χ1v) is 6.36. The minimum atomic E-state index is -6.53. The summed E-state index contributed by atoms with van der Waals surface area (Å²) in [5.41, 5.74) is 0.205. The monoisotopic (exact) mass is 359 g/mol. The van der Waals surface area contributed by atoms with E-state index in [1.54, 1.807) is 6.07 Å². The molecule has 0 aliphatic heterocycles. The zero-order valence-corrected chi connectivity index (χ0v) is 12.0. The maximum Gasteiger partial charge on any atom is 0.462 e. The van der Waals surface area contributed by atoms with Crippen LogP contribution in [0.2, 0.25) is 0 Å². The predicted molar refractivity (Wildman–Crippen MR) is 70.9 cm³/mol. The smallest absolute Gasteiger partial charge is 0.307 e. The normalized spacial score (nSPS) is 12.8. The SMILES string of the molecule is C=CCN(C(=O)COC(F)(F)C(F)(F)C(F)(F)F)c1ccccc1. The van der Waals surface area contributed by atoms with Crippen LogP contribution in [-0.4, -0.2) is 37.3 Å². The van der Waals surface area contributed by atoms with E-state index in [1.807, 2.05) is 0 Å². The lowest BCUT2D eigenvalue weighted by Crippen LogP contribution is -2.54. The van der Waals surface area contributed by atoms with Crippen molar-refractivity contribution < 1.29 is 40.3 Å². The van der Waals surface area contributed by atoms with Crippen molar-refractivity contribution in [3.63, 3.8) is 0 Å². The summed E-state index contributed by atoms with van der Waals surface area (Å²) in [6.07, 6.45) is -11.2. The average molecular weight is 359 g/mol. The van der Waals surface area contributed by atoms with Crippen LogP contribution in [0, 0.1) is 0 Å². The van der Waals surface area contributed by atoms with Crippen LogP contribution >= 0.6 is 0 Å². The molecule has 0 bridgehead atoms. The molecule has 0 radical (unpaired) electrons. The van der Waals surface area contributed by atoms with Crippen molar-refractivity contribution in [3.8, 4) is 0 Å². The molecular formula is C14H12F7NO2. The van der Waals surface area contributed by atoms with E-state index in [4.69, 9.17) is 0 Å². The molecule has 0 aromatic heterocycles. The van der Waals surface area contributed by atoms with Crippen molar-refractivity contribution in [2.75, 3.05) is 18.1 Å². The number of carbonyl (C=O) groups is 1. The van der Waals surface area contributed by atoms with Crippen molar-refractivity contribution in [1.29, 1.82) is 0 Å². The summed E-state index contributed by atoms with van der Waals surface area (Å²) >= 11 is 0. The van der Waals surface area contributed by atoms with Gasteiger partial charge in [-0.05, 0) is 12.1 Å². The van der Waals surface area contributed by atoms with Crippen LogP contribution < -0.4 is 4.90 Å². The Morgan fingerprint density at radius 3 is 2.08 bits per heavy atom. The van der Waals surface area contributed by atoms with Gasteiger partial charge in [0, 0.05) is 12.2 Å². The zero-order chi connectivity index (χ0) is 18.6. The highest BCUT2D eigenvalue weighted by molar-refractivity contribution is 5.94. The van der Waals surface area contributed by atoms with Gasteiger partial charge in [-0.25, -0.2) is 0 Å². The Kier molecular flexibility index (Phi) is 5.99. The number of para-hydroxylation sites is 1. The van der Waals surface area contributed by atoms with E-state index < -0.39 is 30.7 Å². The van der Waals surface area contributed by atoms with E-state index in [0.29, 0.717) is 0 Å². The summed E-state index contributed by atoms with van der Waals surface area (Å²) < 4.78 is 90.7. The van der Waals surface area contributed by atoms with Gasteiger partial charge in [-0.1, -0.05) is 24.3 Å². The summed E-state index contributed by atoms with van der Waals surface area (Å²) in [4.78, 5) is 12.7. The highest BCUT2D eigenvalue weighted by Gasteiger charge is 2.74. The van der Waals surface area contributed by atoms with Gasteiger partial charge in [-0.3, -0.25) is 4.79 Å². The van der Waals surface area contributed by atoms with Gasteiger partial charge in [0.1, 0.15) is 6.61 Å². The molecule has 1 aromatic rings. The summed E-state index contributed by atoms with van der Waals surface area (Å²) in [5.74, 6) is -7.67. The quantitative estimate of drug-likeness (QED) is 0.544. The van der Waals surface area contributed by atoms with Gasteiger partial charge >= 0.3 is 18.2 Å². The third-order valence-electron chi connectivity index (χ3n) is 2.78. The number of anilines is 1. The number of hydrogen-bond donors (Lipinski definition) is 0. The molecule has 1 rings (SSSR count). The fourth-order valence-corrected chi connectivity index (χ4v) is 1.57. The number of ether oxygens (including phenoxy) is 1. The lowest BCUT2D eigenvalue weighted by Gasteiger charge is -2.28. The Balaban J connectivity index is 2.88. The average Bonchev–Trinajstić information content (AvgIpc) is 2.50. The molecule has 3 nitrogen and oxygen atoms in total. The topological polar surface area (TPSA) is 29.5 Å². The largest absolute Gasteiger partial charge is 0.462 e. The van der Waals surface area contributed by atoms with E-state index in [0.717, 1.165) is 4.90 Å². The van der Waals surface area contributed by atoms with Crippen LogP contribution in [0.15, 0.2) is 43.0 Å². The minimum Gasteiger partial charge on any atom is -0.307 e. The lowest BCUT2D eigenvalue weighted by atomic mass is 10.2. The Hall–Kier alpha value is -2.10. The van der Waals surface area contributed by atoms with Gasteiger partial charge < -0.3 is 9.64 Å². The van der Waals surface area contributed by atoms with E-state index in [-0.39, 0.29) is 12.2 Å². The number of alkyl halides is 7. The summed E-state index contributed by atoms with van der Waals surface area (Å²) in [5, 5.41) is 0. The summed E-state index contributed by atoms with van der Waals surface area (Å²) in [7, 11) is 0. The number of benzene rings is 1. The second kappa shape index (κ2) is 7.20. The molecule has 0 unspecified atom stereocenters. The molecule has 0 fully saturated rings. The van der Waals surface area contributed by atoms with Crippen molar-refractivity contribution in [3.05, 3.63) is 43.0 Å². The molecule has 0 heterocycles. The molecule has 0 aliphatic rings. The molecule has 1 aromatic carbocycles. The van der Waals surface area contributed by atoms with Crippen LogP contribution in [0.4, 0.5) is 36.4 Å². The van der Waals surface area contributed by atoms with Gasteiger partial charge in [0.15, 0.2) is 0 Å². The van der Waals surface area contributed by atoms with E-state index >= 15 is 0 Å². The Morgan fingerprint density at radius 1 is 1.08 bits per heavy atom. The minimum absolute atomic E-state index is 0.187. The van der Waals surface area contributed by atoms with E-state index in [2.05, 4.69) is 11.3 Å². The molecule has 0 saturated heterocycles. The molecule has 24 heavy (non-hydrogen) atoms. The Morgan fingerprint density at radius 2 is 1.62 bits per heavy atom. The molecule has 10 heteroatoms. The van der Waals surface area contributed by atoms with Crippen LogP contribution in [0.3, 0.4) is 0 Å². The fraction of sp³-hybridized carbons (Fsp3) is 0.357. The first-order chi connectivity index (χ1) is 10.9. The van der Waals surface area contributed by atoms with Crippen LogP contribution in [0.1, 0.15) is 0 Å². The standard InChI is InChI=1S/C14H12F7NO2/c1-2-8-22(10-6-4-3-5-7-10)11(23)9-24-14(20,21)12(15,16)13(17,18)19/h2-7H,1,8-9H2. The van der Waals surface area contributed by atoms with Crippen molar-refractivity contribution in [2.24, 2.45) is 0 Å². The second-order valence-corrected chi connectivity index (χ2v) is 4.51. The van der Waals surface area contributed by atoms with E-state index in [1.165, 1.54) is 30.3 Å². The number of carbonyl (C=O) groups excluding carboxylic acids is 1. The number of rotatable bonds is 7. The zero-order valence-electron chi connectivity index (χ0n) is 12.0. The predicted octanol–water partition coefficient (Wildman–Crippen LogP) is 4.01. The van der Waals surface area contributed by atoms with Crippen molar-refractivity contribution >= 4 is 11.6 Å². The maximum absolute atomic E-state index is 13.0. The second-order valence-electron chi connectivity index (χ2n) is 4.51. The molecule has 0 N–H and O–H groups in total. The Labute approximate surface area is 132 Å². The molecule has 0 spiro atoms. The van der Waals surface area contributed by atoms with Gasteiger partial charge in [0.25, 0.3) is 5.91 Å². The highest BCUT2D eigenvalue weighted by Crippen LogP contribution is 2.46. The van der Waals surface area contributed by atoms with E-state index in [9.17, 15) is 35.5 Å². The van der Waals surface area contributed by atoms with Gasteiger partial charge in [-0.2, -0.15) is 30.7 Å². The highest BCUT2D eigenvalue weighted by atomic mass is 19.4. The number of hydrogen-bond acceptors (Lipinski definition) is 2. The molecule has 134 valence electrons. The lowest BCUT2D eigenvalue weighted by molar-refractivity contribution is -0.421. The third-order valence-corrected chi connectivity index (χ3v) is 2.78. The summed E-state index contributed by atoms with van der Waals surface area (Å²) in [6.45, 7) is 1.47. The van der Waals surface area contributed by atoms with Gasteiger partial charge in [-0.15, -0.1) is 6.58 Å². The first kappa shape index (κ1) is 19.9. The van der Waals surface area contributed by atoms with Crippen LogP contribution in [0.5, 0.6) is 0 Å².